The topological polar surface area (TPSA) is 119 Å². The van der Waals surface area contributed by atoms with Gasteiger partial charge >= 0.3 is 0 Å². The van der Waals surface area contributed by atoms with E-state index in [9.17, 15) is 18.0 Å². The lowest BCUT2D eigenvalue weighted by Crippen LogP contribution is -2.43. The first-order valence-corrected chi connectivity index (χ1v) is 11.6. The first kappa shape index (κ1) is 22.8. The van der Waals surface area contributed by atoms with E-state index in [2.05, 4.69) is 4.72 Å². The van der Waals surface area contributed by atoms with Crippen LogP contribution < -0.4 is 15.2 Å². The average molecular weight is 446 g/mol. The Bertz CT molecular complexity index is 1000. The van der Waals surface area contributed by atoms with Crippen molar-refractivity contribution in [3.8, 4) is 5.75 Å². The molecule has 0 saturated carbocycles. The Morgan fingerprint density at radius 1 is 1.10 bits per heavy atom. The number of hydrogen-bond donors (Lipinski definition) is 2. The zero-order valence-electron chi connectivity index (χ0n) is 17.4. The summed E-state index contributed by atoms with van der Waals surface area (Å²) in [6.45, 7) is 2.56. The van der Waals surface area contributed by atoms with E-state index in [1.807, 2.05) is 30.3 Å². The summed E-state index contributed by atoms with van der Waals surface area (Å²) < 4.78 is 33.4. The van der Waals surface area contributed by atoms with Gasteiger partial charge in [-0.2, -0.15) is 0 Å². The van der Waals surface area contributed by atoms with Gasteiger partial charge in [0.05, 0.1) is 4.90 Å². The molecule has 0 aliphatic carbocycles. The van der Waals surface area contributed by atoms with Crippen LogP contribution in [-0.4, -0.2) is 44.8 Å². The number of likely N-dealkylation sites (tertiary alicyclic amines) is 1. The Morgan fingerprint density at radius 3 is 2.29 bits per heavy atom. The van der Waals surface area contributed by atoms with Crippen LogP contribution in [0.1, 0.15) is 31.4 Å². The number of ether oxygens (including phenoxy) is 1. The molecule has 1 fully saturated rings. The molecular formula is C22H27N3O5S. The van der Waals surface area contributed by atoms with Gasteiger partial charge in [0.1, 0.15) is 5.75 Å². The second-order valence-corrected chi connectivity index (χ2v) is 9.29. The number of benzene rings is 2. The van der Waals surface area contributed by atoms with Gasteiger partial charge in [0.2, 0.25) is 15.9 Å². The zero-order valence-corrected chi connectivity index (χ0v) is 18.2. The Balaban J connectivity index is 1.53. The van der Waals surface area contributed by atoms with E-state index in [0.29, 0.717) is 31.7 Å². The number of carbonyl (C=O) groups excluding carboxylic acids is 2. The van der Waals surface area contributed by atoms with Crippen LogP contribution >= 0.6 is 0 Å². The van der Waals surface area contributed by atoms with Crippen LogP contribution in [0.4, 0.5) is 0 Å². The van der Waals surface area contributed by atoms with Gasteiger partial charge < -0.3 is 15.4 Å². The van der Waals surface area contributed by atoms with Gasteiger partial charge in [0.15, 0.2) is 6.61 Å². The molecule has 0 spiro atoms. The van der Waals surface area contributed by atoms with Crippen molar-refractivity contribution in [3.63, 3.8) is 0 Å². The predicted octanol–water partition coefficient (Wildman–Crippen LogP) is 1.83. The molecule has 9 heteroatoms. The van der Waals surface area contributed by atoms with E-state index in [1.54, 1.807) is 11.8 Å². The van der Waals surface area contributed by atoms with Gasteiger partial charge in [0, 0.05) is 25.0 Å². The molecule has 8 nitrogen and oxygen atoms in total. The van der Waals surface area contributed by atoms with Gasteiger partial charge in [-0.05, 0) is 49.6 Å². The molecule has 2 aromatic rings. The minimum atomic E-state index is -3.70. The summed E-state index contributed by atoms with van der Waals surface area (Å²) in [4.78, 5) is 25.3. The van der Waals surface area contributed by atoms with Crippen molar-refractivity contribution in [1.29, 1.82) is 0 Å². The highest BCUT2D eigenvalue weighted by Gasteiger charge is 2.26. The predicted molar refractivity (Wildman–Crippen MR) is 116 cm³/mol. The Labute approximate surface area is 182 Å². The van der Waals surface area contributed by atoms with Gasteiger partial charge in [0.25, 0.3) is 5.91 Å². The van der Waals surface area contributed by atoms with Crippen molar-refractivity contribution in [3.05, 3.63) is 60.2 Å². The summed E-state index contributed by atoms with van der Waals surface area (Å²) in [5.41, 5.74) is 6.17. The molecule has 2 aromatic carbocycles. The van der Waals surface area contributed by atoms with E-state index in [-0.39, 0.29) is 35.3 Å². The lowest BCUT2D eigenvalue weighted by atomic mass is 9.96. The quantitative estimate of drug-likeness (QED) is 0.643. The second-order valence-electron chi connectivity index (χ2n) is 7.57. The monoisotopic (exact) mass is 445 g/mol. The average Bonchev–Trinajstić information content (AvgIpc) is 2.78. The highest BCUT2D eigenvalue weighted by molar-refractivity contribution is 7.89. The van der Waals surface area contributed by atoms with Crippen LogP contribution in [0.25, 0.3) is 0 Å². The molecule has 0 aromatic heterocycles. The van der Waals surface area contributed by atoms with E-state index in [1.165, 1.54) is 24.3 Å². The molecule has 1 saturated heterocycles. The molecule has 1 heterocycles. The molecular weight excluding hydrogens is 418 g/mol. The standard InChI is InChI=1S/C22H27N3O5S/c1-16(17-5-3-2-4-6-17)24-31(28,29)20-9-7-19(8-10-20)30-15-21(26)25-13-11-18(12-14-25)22(23)27/h2-10,16,18,24H,11-15H2,1H3,(H2,23,27)/t16-/m0/s1. The van der Waals surface area contributed by atoms with Crippen LogP contribution in [0, 0.1) is 5.92 Å². The van der Waals surface area contributed by atoms with Crippen LogP contribution in [0.15, 0.2) is 59.5 Å². The van der Waals surface area contributed by atoms with E-state index in [4.69, 9.17) is 10.5 Å². The van der Waals surface area contributed by atoms with Crippen molar-refractivity contribution in [2.24, 2.45) is 11.7 Å². The molecule has 3 N–H and O–H groups in total. The fraction of sp³-hybridized carbons (Fsp3) is 0.364. The Kier molecular flexibility index (Phi) is 7.29. The fourth-order valence-corrected chi connectivity index (χ4v) is 4.71. The first-order valence-electron chi connectivity index (χ1n) is 10.1. The number of nitrogens with two attached hydrogens (primary N) is 1. The number of rotatable bonds is 8. The third-order valence-electron chi connectivity index (χ3n) is 5.38. The number of amides is 2. The minimum absolute atomic E-state index is 0.113. The maximum atomic E-state index is 12.6. The first-order chi connectivity index (χ1) is 14.8. The van der Waals surface area contributed by atoms with Crippen molar-refractivity contribution < 1.29 is 22.7 Å². The number of nitrogens with zero attached hydrogens (tertiary/aromatic N) is 1. The van der Waals surface area contributed by atoms with Crippen LogP contribution in [0.2, 0.25) is 0 Å². The smallest absolute Gasteiger partial charge is 0.260 e. The molecule has 0 unspecified atom stereocenters. The third kappa shape index (κ3) is 6.05. The number of carbonyl (C=O) groups is 2. The van der Waals surface area contributed by atoms with Gasteiger partial charge in [-0.1, -0.05) is 30.3 Å². The minimum Gasteiger partial charge on any atom is -0.484 e. The number of hydrogen-bond acceptors (Lipinski definition) is 5. The van der Waals surface area contributed by atoms with Gasteiger partial charge in [-0.3, -0.25) is 9.59 Å². The fourth-order valence-electron chi connectivity index (χ4n) is 3.48. The molecule has 1 aliphatic heterocycles. The van der Waals surface area contributed by atoms with Crippen molar-refractivity contribution >= 4 is 21.8 Å². The number of piperidine rings is 1. The van der Waals surface area contributed by atoms with Crippen LogP contribution in [-0.2, 0) is 19.6 Å². The number of nitrogens with one attached hydrogen (secondary N) is 1. The maximum Gasteiger partial charge on any atom is 0.260 e. The van der Waals surface area contributed by atoms with Gasteiger partial charge in [-0.15, -0.1) is 0 Å². The Hall–Kier alpha value is -2.91. The molecule has 0 radical (unpaired) electrons. The third-order valence-corrected chi connectivity index (χ3v) is 6.93. The summed E-state index contributed by atoms with van der Waals surface area (Å²) in [6, 6.07) is 14.9. The highest BCUT2D eigenvalue weighted by Crippen LogP contribution is 2.20. The van der Waals surface area contributed by atoms with Crippen LogP contribution in [0.5, 0.6) is 5.75 Å². The Morgan fingerprint density at radius 2 is 1.71 bits per heavy atom. The van der Waals surface area contributed by atoms with Crippen molar-refractivity contribution in [2.75, 3.05) is 19.7 Å². The lowest BCUT2D eigenvalue weighted by molar-refractivity contribution is -0.136. The second kappa shape index (κ2) is 9.93. The van der Waals surface area contributed by atoms with E-state index in [0.717, 1.165) is 5.56 Å². The van der Waals surface area contributed by atoms with E-state index >= 15 is 0 Å². The summed E-state index contributed by atoms with van der Waals surface area (Å²) in [7, 11) is -3.70. The van der Waals surface area contributed by atoms with Crippen molar-refractivity contribution in [1.82, 2.24) is 9.62 Å². The number of sulfonamides is 1. The largest absolute Gasteiger partial charge is 0.484 e. The summed E-state index contributed by atoms with van der Waals surface area (Å²) in [5, 5.41) is 0. The lowest BCUT2D eigenvalue weighted by Gasteiger charge is -2.30. The molecule has 31 heavy (non-hydrogen) atoms. The molecule has 2 amide bonds. The maximum absolute atomic E-state index is 12.6. The summed E-state index contributed by atoms with van der Waals surface area (Å²) >= 11 is 0. The van der Waals surface area contributed by atoms with Gasteiger partial charge in [-0.25, -0.2) is 13.1 Å². The molecule has 3 rings (SSSR count). The zero-order chi connectivity index (χ0) is 22.4. The van der Waals surface area contributed by atoms with E-state index < -0.39 is 10.0 Å². The summed E-state index contributed by atoms with van der Waals surface area (Å²) in [6.07, 6.45) is 1.12. The molecule has 1 atom stereocenters. The molecule has 1 aliphatic rings. The molecule has 0 bridgehead atoms. The number of primary amides is 1. The SMILES string of the molecule is C[C@H](NS(=O)(=O)c1ccc(OCC(=O)N2CCC(C(N)=O)CC2)cc1)c1ccccc1. The summed E-state index contributed by atoms with van der Waals surface area (Å²) in [5.74, 6) is -0.294. The van der Waals surface area contributed by atoms with Crippen LogP contribution in [0.3, 0.4) is 0 Å². The normalized spacial score (nSPS) is 16.0. The molecule has 166 valence electrons. The van der Waals surface area contributed by atoms with Crippen molar-refractivity contribution in [2.45, 2.75) is 30.7 Å². The highest BCUT2D eigenvalue weighted by atomic mass is 32.2.